The largest absolute Gasteiger partial charge is 0.338 e. The van der Waals surface area contributed by atoms with Gasteiger partial charge in [-0.15, -0.1) is 0 Å². The first kappa shape index (κ1) is 16.7. The summed E-state index contributed by atoms with van der Waals surface area (Å²) in [7, 11) is 0. The Morgan fingerprint density at radius 1 is 1.08 bits per heavy atom. The Morgan fingerprint density at radius 3 is 2.33 bits per heavy atom. The van der Waals surface area contributed by atoms with Gasteiger partial charge in [0.1, 0.15) is 0 Å². The third-order valence-electron chi connectivity index (χ3n) is 4.98. The van der Waals surface area contributed by atoms with Crippen molar-refractivity contribution < 1.29 is 14.4 Å². The molecule has 24 heavy (non-hydrogen) atoms. The Morgan fingerprint density at radius 2 is 1.75 bits per heavy atom. The molecule has 1 heterocycles. The van der Waals surface area contributed by atoms with Crippen LogP contribution in [0.5, 0.6) is 0 Å². The molecule has 2 fully saturated rings. The fourth-order valence-electron chi connectivity index (χ4n) is 3.28. The average molecular weight is 328 g/mol. The fraction of sp³-hybridized carbons (Fsp3) is 0.526. The summed E-state index contributed by atoms with van der Waals surface area (Å²) in [5.74, 6) is 0.314. The van der Waals surface area contributed by atoms with Crippen molar-refractivity contribution in [3.05, 3.63) is 35.9 Å². The summed E-state index contributed by atoms with van der Waals surface area (Å²) in [5, 5.41) is 0. The van der Waals surface area contributed by atoms with Crippen LogP contribution in [0.15, 0.2) is 30.3 Å². The van der Waals surface area contributed by atoms with Crippen molar-refractivity contribution in [1.82, 2.24) is 9.80 Å². The van der Waals surface area contributed by atoms with Gasteiger partial charge in [-0.3, -0.25) is 19.3 Å². The summed E-state index contributed by atoms with van der Waals surface area (Å²) in [6.45, 7) is 1.58. The first-order valence-corrected chi connectivity index (χ1v) is 8.78. The van der Waals surface area contributed by atoms with Crippen molar-refractivity contribution in [2.75, 3.05) is 13.1 Å². The molecule has 0 unspecified atom stereocenters. The number of benzene rings is 1. The van der Waals surface area contributed by atoms with Crippen molar-refractivity contribution in [2.24, 2.45) is 5.92 Å². The molecule has 0 atom stereocenters. The van der Waals surface area contributed by atoms with Gasteiger partial charge in [0.15, 0.2) is 0 Å². The van der Waals surface area contributed by atoms with Crippen LogP contribution < -0.4 is 0 Å². The van der Waals surface area contributed by atoms with Crippen molar-refractivity contribution in [3.63, 3.8) is 0 Å². The van der Waals surface area contributed by atoms with E-state index in [1.165, 1.54) is 24.2 Å². The zero-order valence-electron chi connectivity index (χ0n) is 13.9. The van der Waals surface area contributed by atoms with Gasteiger partial charge in [-0.1, -0.05) is 36.8 Å². The van der Waals surface area contributed by atoms with Crippen LogP contribution in [0, 0.1) is 5.92 Å². The zero-order valence-corrected chi connectivity index (χ0v) is 13.9. The van der Waals surface area contributed by atoms with E-state index in [-0.39, 0.29) is 43.5 Å². The summed E-state index contributed by atoms with van der Waals surface area (Å²) < 4.78 is 0. The smallest absolute Gasteiger partial charge is 0.229 e. The number of carbonyl (C=O) groups is 3. The SMILES string of the molecule is O=C(CCN1C(=O)CCC1=O)N(Cc1ccccc1)CC1CCC1. The maximum atomic E-state index is 12.7. The molecule has 0 aromatic heterocycles. The number of amides is 3. The number of imide groups is 1. The first-order valence-electron chi connectivity index (χ1n) is 8.78. The minimum atomic E-state index is -0.151. The molecule has 3 amide bonds. The van der Waals surface area contributed by atoms with Gasteiger partial charge < -0.3 is 4.90 Å². The molecular weight excluding hydrogens is 304 g/mol. The topological polar surface area (TPSA) is 57.7 Å². The Kier molecular flexibility index (Phi) is 5.28. The Balaban J connectivity index is 1.59. The molecule has 0 bridgehead atoms. The Hall–Kier alpha value is -2.17. The summed E-state index contributed by atoms with van der Waals surface area (Å²) in [5.41, 5.74) is 1.11. The van der Waals surface area contributed by atoms with Crippen LogP contribution >= 0.6 is 0 Å². The number of hydrogen-bond donors (Lipinski definition) is 0. The number of nitrogens with zero attached hydrogens (tertiary/aromatic N) is 2. The molecule has 0 N–H and O–H groups in total. The van der Waals surface area contributed by atoms with Gasteiger partial charge in [0, 0.05) is 38.9 Å². The molecule has 0 spiro atoms. The van der Waals surface area contributed by atoms with E-state index in [0.717, 1.165) is 12.1 Å². The molecule has 1 aromatic carbocycles. The quantitative estimate of drug-likeness (QED) is 0.722. The number of hydrogen-bond acceptors (Lipinski definition) is 3. The van der Waals surface area contributed by atoms with E-state index in [9.17, 15) is 14.4 Å². The van der Waals surface area contributed by atoms with Crippen LogP contribution in [-0.2, 0) is 20.9 Å². The van der Waals surface area contributed by atoms with Gasteiger partial charge in [0.2, 0.25) is 17.7 Å². The molecule has 0 radical (unpaired) electrons. The minimum absolute atomic E-state index is 0.0262. The van der Waals surface area contributed by atoms with E-state index in [0.29, 0.717) is 12.5 Å². The zero-order chi connectivity index (χ0) is 16.9. The van der Waals surface area contributed by atoms with Crippen molar-refractivity contribution in [3.8, 4) is 0 Å². The molecule has 2 aliphatic rings. The molecule has 3 rings (SSSR count). The highest BCUT2D eigenvalue weighted by atomic mass is 16.2. The van der Waals surface area contributed by atoms with Crippen molar-refractivity contribution in [2.45, 2.75) is 45.1 Å². The third kappa shape index (κ3) is 4.02. The lowest BCUT2D eigenvalue weighted by Gasteiger charge is -2.33. The van der Waals surface area contributed by atoms with Crippen molar-refractivity contribution in [1.29, 1.82) is 0 Å². The molecule has 5 nitrogen and oxygen atoms in total. The Labute approximate surface area is 142 Å². The second-order valence-electron chi connectivity index (χ2n) is 6.75. The molecule has 1 saturated heterocycles. The standard InChI is InChI=1S/C19H24N2O3/c22-17(11-12-21-18(23)9-10-19(21)24)20(14-16-7-4-8-16)13-15-5-2-1-3-6-15/h1-3,5-6,16H,4,7-14H2. The number of carbonyl (C=O) groups excluding carboxylic acids is 3. The molecule has 1 saturated carbocycles. The van der Waals surface area contributed by atoms with Crippen LogP contribution in [0.4, 0.5) is 0 Å². The van der Waals surface area contributed by atoms with Gasteiger partial charge in [0.05, 0.1) is 0 Å². The maximum absolute atomic E-state index is 12.7. The van der Waals surface area contributed by atoms with Crippen LogP contribution in [0.3, 0.4) is 0 Å². The van der Waals surface area contributed by atoms with E-state index >= 15 is 0 Å². The van der Waals surface area contributed by atoms with E-state index in [1.807, 2.05) is 35.2 Å². The lowest BCUT2D eigenvalue weighted by atomic mass is 9.85. The molecule has 128 valence electrons. The highest BCUT2D eigenvalue weighted by Gasteiger charge is 2.30. The lowest BCUT2D eigenvalue weighted by Crippen LogP contribution is -2.39. The summed E-state index contributed by atoms with van der Waals surface area (Å²) >= 11 is 0. The van der Waals surface area contributed by atoms with E-state index < -0.39 is 0 Å². The molecule has 1 aliphatic carbocycles. The maximum Gasteiger partial charge on any atom is 0.229 e. The van der Waals surface area contributed by atoms with Gasteiger partial charge in [-0.25, -0.2) is 0 Å². The average Bonchev–Trinajstić information content (AvgIpc) is 2.87. The monoisotopic (exact) mass is 328 g/mol. The third-order valence-corrected chi connectivity index (χ3v) is 4.98. The molecular formula is C19H24N2O3. The predicted octanol–water partition coefficient (Wildman–Crippen LogP) is 2.35. The fourth-order valence-corrected chi connectivity index (χ4v) is 3.28. The second kappa shape index (κ2) is 7.60. The van der Waals surface area contributed by atoms with Crippen molar-refractivity contribution >= 4 is 17.7 Å². The van der Waals surface area contributed by atoms with E-state index in [4.69, 9.17) is 0 Å². The van der Waals surface area contributed by atoms with E-state index in [1.54, 1.807) is 0 Å². The van der Waals surface area contributed by atoms with E-state index in [2.05, 4.69) is 0 Å². The number of rotatable bonds is 7. The summed E-state index contributed by atoms with van der Waals surface area (Å²) in [6, 6.07) is 9.96. The summed E-state index contributed by atoms with van der Waals surface area (Å²) in [4.78, 5) is 39.1. The lowest BCUT2D eigenvalue weighted by molar-refractivity contribution is -0.139. The molecule has 1 aromatic rings. The van der Waals surface area contributed by atoms with Gasteiger partial charge >= 0.3 is 0 Å². The minimum Gasteiger partial charge on any atom is -0.338 e. The highest BCUT2D eigenvalue weighted by molar-refractivity contribution is 6.02. The predicted molar refractivity (Wildman–Crippen MR) is 89.8 cm³/mol. The van der Waals surface area contributed by atoms with Crippen LogP contribution in [0.1, 0.15) is 44.1 Å². The number of likely N-dealkylation sites (tertiary alicyclic amines) is 1. The first-order chi connectivity index (χ1) is 11.6. The normalized spacial score (nSPS) is 17.9. The second-order valence-corrected chi connectivity index (χ2v) is 6.75. The van der Waals surface area contributed by atoms with Crippen LogP contribution in [0.2, 0.25) is 0 Å². The van der Waals surface area contributed by atoms with Gasteiger partial charge in [-0.05, 0) is 24.3 Å². The Bertz CT molecular complexity index is 594. The van der Waals surface area contributed by atoms with Crippen LogP contribution in [-0.4, -0.2) is 40.6 Å². The van der Waals surface area contributed by atoms with Crippen LogP contribution in [0.25, 0.3) is 0 Å². The highest BCUT2D eigenvalue weighted by Crippen LogP contribution is 2.28. The van der Waals surface area contributed by atoms with Gasteiger partial charge in [0.25, 0.3) is 0 Å². The van der Waals surface area contributed by atoms with Gasteiger partial charge in [-0.2, -0.15) is 0 Å². The molecule has 5 heteroatoms. The molecule has 1 aliphatic heterocycles. The summed E-state index contributed by atoms with van der Waals surface area (Å²) in [6.07, 6.45) is 4.39.